The van der Waals surface area contributed by atoms with Crippen LogP contribution in [0.5, 0.6) is 0 Å². The number of hydrogen-bond acceptors (Lipinski definition) is 4. The Labute approximate surface area is 212 Å². The molecular weight excluding hydrogens is 450 g/mol. The van der Waals surface area contributed by atoms with E-state index in [4.69, 9.17) is 0 Å². The Bertz CT molecular complexity index is 1360. The highest BCUT2D eigenvalue weighted by molar-refractivity contribution is 6.07. The number of allylic oxidation sites excluding steroid dienone is 6. The molecule has 0 spiro atoms. The summed E-state index contributed by atoms with van der Waals surface area (Å²) < 4.78 is 0. The van der Waals surface area contributed by atoms with Crippen molar-refractivity contribution in [2.75, 3.05) is 19.4 Å². The first kappa shape index (κ1) is 25.1. The number of aromatic amines is 1. The molecule has 2 N–H and O–H groups in total. The number of carbonyl (C=O) groups is 2. The maximum absolute atomic E-state index is 13.5. The van der Waals surface area contributed by atoms with Gasteiger partial charge in [-0.05, 0) is 55.0 Å². The molecule has 2 amide bonds. The Morgan fingerprint density at radius 3 is 2.72 bits per heavy atom. The molecule has 0 bridgehead atoms. The summed E-state index contributed by atoms with van der Waals surface area (Å²) in [6, 6.07) is 7.48. The largest absolute Gasteiger partial charge is 0.331 e. The van der Waals surface area contributed by atoms with Gasteiger partial charge in [0, 0.05) is 37.2 Å². The number of nitrogens with zero attached hydrogens (tertiary/aromatic N) is 3. The zero-order valence-electron chi connectivity index (χ0n) is 21.3. The zero-order valence-corrected chi connectivity index (χ0v) is 21.3. The van der Waals surface area contributed by atoms with Crippen LogP contribution >= 0.6 is 0 Å². The average Bonchev–Trinajstić information content (AvgIpc) is 3.28. The van der Waals surface area contributed by atoms with Crippen LogP contribution in [0.15, 0.2) is 72.1 Å². The number of fused-ring (bicyclic) bond motifs is 1. The molecule has 2 aromatic heterocycles. The maximum atomic E-state index is 13.5. The fraction of sp³-hybridized carbons (Fsp3) is 0.310. The van der Waals surface area contributed by atoms with E-state index in [1.807, 2.05) is 31.2 Å². The van der Waals surface area contributed by atoms with Gasteiger partial charge in [0.2, 0.25) is 0 Å². The van der Waals surface area contributed by atoms with Gasteiger partial charge in [-0.25, -0.2) is 4.79 Å². The first-order chi connectivity index (χ1) is 17.4. The third-order valence-corrected chi connectivity index (χ3v) is 6.37. The quantitative estimate of drug-likeness (QED) is 0.373. The number of rotatable bonds is 7. The van der Waals surface area contributed by atoms with E-state index in [-0.39, 0.29) is 17.7 Å². The van der Waals surface area contributed by atoms with Crippen LogP contribution in [0.2, 0.25) is 0 Å². The van der Waals surface area contributed by atoms with Gasteiger partial charge in [0.1, 0.15) is 5.69 Å². The molecule has 3 aromatic rings. The normalized spacial score (nSPS) is 15.9. The lowest BCUT2D eigenvalue weighted by Crippen LogP contribution is -2.27. The molecule has 4 rings (SSSR count). The average molecular weight is 484 g/mol. The van der Waals surface area contributed by atoms with Crippen molar-refractivity contribution in [3.05, 3.63) is 77.8 Å². The minimum absolute atomic E-state index is 0.0217. The number of nitrogens with one attached hydrogen (secondary N) is 2. The molecule has 1 unspecified atom stereocenters. The minimum atomic E-state index is -0.225. The summed E-state index contributed by atoms with van der Waals surface area (Å²) in [6.07, 6.45) is 15.9. The van der Waals surface area contributed by atoms with Gasteiger partial charge in [-0.15, -0.1) is 0 Å². The number of H-pyrrole nitrogens is 1. The number of Topliss-reactive ketones (excluding diaryl/α,β-unsaturated/α-hetero) is 1. The lowest BCUT2D eigenvalue weighted by Gasteiger charge is -2.13. The monoisotopic (exact) mass is 483 g/mol. The predicted octanol–water partition coefficient (Wildman–Crippen LogP) is 6.54. The van der Waals surface area contributed by atoms with Gasteiger partial charge >= 0.3 is 6.03 Å². The standard InChI is InChI=1S/C29H33N5O2/c1-5-20-9-7-6-8-10-21(14-20)13-19(2)28(35)27-25-16-22(11-12-26(25)32-33-27)23-15-24(18-30-17-23)31-29(36)34(3)4/h7,9-12,14-19H,5-6,8,13H2,1-4H3,(H,31,36)(H,32,33)/b9-7?,20-14-,21-10?. The number of amides is 2. The van der Waals surface area contributed by atoms with Gasteiger partial charge in [-0.3, -0.25) is 14.9 Å². The number of anilines is 1. The minimum Gasteiger partial charge on any atom is -0.331 e. The Balaban J connectivity index is 1.58. The van der Waals surface area contributed by atoms with Crippen LogP contribution in [-0.2, 0) is 0 Å². The van der Waals surface area contributed by atoms with Gasteiger partial charge in [0.15, 0.2) is 5.78 Å². The highest BCUT2D eigenvalue weighted by Gasteiger charge is 2.22. The summed E-state index contributed by atoms with van der Waals surface area (Å²) in [4.78, 5) is 31.2. The number of aromatic nitrogens is 3. The Kier molecular flexibility index (Phi) is 7.78. The van der Waals surface area contributed by atoms with Crippen molar-refractivity contribution in [2.45, 2.75) is 39.5 Å². The molecule has 0 radical (unpaired) electrons. The topological polar surface area (TPSA) is 91.0 Å². The van der Waals surface area contributed by atoms with Crippen molar-refractivity contribution in [2.24, 2.45) is 5.92 Å². The van der Waals surface area contributed by atoms with E-state index < -0.39 is 0 Å². The number of urea groups is 1. The summed E-state index contributed by atoms with van der Waals surface area (Å²) >= 11 is 0. The fourth-order valence-corrected chi connectivity index (χ4v) is 4.27. The van der Waals surface area contributed by atoms with E-state index in [0.717, 1.165) is 41.3 Å². The van der Waals surface area contributed by atoms with Crippen LogP contribution in [-0.4, -0.2) is 46.0 Å². The third-order valence-electron chi connectivity index (χ3n) is 6.37. The lowest BCUT2D eigenvalue weighted by molar-refractivity contribution is 0.0926. The zero-order chi connectivity index (χ0) is 25.7. The summed E-state index contributed by atoms with van der Waals surface area (Å²) in [5.41, 5.74) is 6.09. The van der Waals surface area contributed by atoms with Crippen molar-refractivity contribution >= 4 is 28.4 Å². The van der Waals surface area contributed by atoms with E-state index in [2.05, 4.69) is 51.7 Å². The van der Waals surface area contributed by atoms with Gasteiger partial charge in [-0.2, -0.15) is 5.10 Å². The van der Waals surface area contributed by atoms with Crippen molar-refractivity contribution in [1.29, 1.82) is 0 Å². The molecule has 36 heavy (non-hydrogen) atoms. The SMILES string of the molecule is CC/C1=C/C(CC(C)C(=O)c2n[nH]c3ccc(-c4cncc(NC(=O)N(C)C)c4)cc23)=CCCC=C1. The highest BCUT2D eigenvalue weighted by Crippen LogP contribution is 2.29. The van der Waals surface area contributed by atoms with Crippen LogP contribution in [0.25, 0.3) is 22.0 Å². The van der Waals surface area contributed by atoms with Gasteiger partial charge in [0.05, 0.1) is 17.4 Å². The first-order valence-corrected chi connectivity index (χ1v) is 12.4. The molecule has 0 fully saturated rings. The molecule has 186 valence electrons. The number of hydrogen-bond donors (Lipinski definition) is 2. The Morgan fingerprint density at radius 1 is 1.11 bits per heavy atom. The van der Waals surface area contributed by atoms with Gasteiger partial charge < -0.3 is 10.2 Å². The van der Waals surface area contributed by atoms with E-state index in [1.165, 1.54) is 16.0 Å². The molecule has 7 heteroatoms. The second-order valence-corrected chi connectivity index (χ2v) is 9.42. The second-order valence-electron chi connectivity index (χ2n) is 9.42. The number of benzene rings is 1. The molecule has 0 saturated carbocycles. The summed E-state index contributed by atoms with van der Waals surface area (Å²) in [5, 5.41) is 11.0. The summed E-state index contributed by atoms with van der Waals surface area (Å²) in [5.74, 6) is -0.177. The predicted molar refractivity (Wildman–Crippen MR) is 145 cm³/mol. The Hall–Kier alpha value is -4.00. The van der Waals surface area contributed by atoms with Gasteiger partial charge in [0.25, 0.3) is 0 Å². The molecular formula is C29H33N5O2. The second kappa shape index (κ2) is 11.2. The van der Waals surface area contributed by atoms with E-state index in [1.54, 1.807) is 26.5 Å². The maximum Gasteiger partial charge on any atom is 0.321 e. The van der Waals surface area contributed by atoms with E-state index in [0.29, 0.717) is 17.8 Å². The van der Waals surface area contributed by atoms with E-state index >= 15 is 0 Å². The van der Waals surface area contributed by atoms with Crippen LogP contribution in [0.1, 0.15) is 50.0 Å². The van der Waals surface area contributed by atoms with Crippen LogP contribution in [0.3, 0.4) is 0 Å². The van der Waals surface area contributed by atoms with Crippen molar-refractivity contribution in [3.63, 3.8) is 0 Å². The van der Waals surface area contributed by atoms with Crippen LogP contribution in [0, 0.1) is 5.92 Å². The van der Waals surface area contributed by atoms with E-state index in [9.17, 15) is 9.59 Å². The fourth-order valence-electron chi connectivity index (χ4n) is 4.27. The molecule has 1 aliphatic carbocycles. The molecule has 7 nitrogen and oxygen atoms in total. The lowest BCUT2D eigenvalue weighted by atomic mass is 9.91. The first-order valence-electron chi connectivity index (χ1n) is 12.4. The molecule has 1 atom stereocenters. The van der Waals surface area contributed by atoms with Crippen LogP contribution < -0.4 is 5.32 Å². The molecule has 1 aliphatic rings. The summed E-state index contributed by atoms with van der Waals surface area (Å²) in [7, 11) is 3.37. The van der Waals surface area contributed by atoms with Crippen molar-refractivity contribution < 1.29 is 9.59 Å². The number of pyridine rings is 1. The molecule has 0 aliphatic heterocycles. The van der Waals surface area contributed by atoms with Gasteiger partial charge in [-0.1, -0.05) is 49.8 Å². The molecule has 0 saturated heterocycles. The van der Waals surface area contributed by atoms with Crippen molar-refractivity contribution in [1.82, 2.24) is 20.1 Å². The highest BCUT2D eigenvalue weighted by atomic mass is 16.2. The number of carbonyl (C=O) groups excluding carboxylic acids is 2. The summed E-state index contributed by atoms with van der Waals surface area (Å²) in [6.45, 7) is 4.13. The smallest absolute Gasteiger partial charge is 0.321 e. The van der Waals surface area contributed by atoms with Crippen molar-refractivity contribution in [3.8, 4) is 11.1 Å². The molecule has 1 aromatic carbocycles. The van der Waals surface area contributed by atoms with Crippen LogP contribution in [0.4, 0.5) is 10.5 Å². The molecule has 2 heterocycles. The third kappa shape index (κ3) is 5.79. The Morgan fingerprint density at radius 2 is 1.94 bits per heavy atom. The number of ketones is 1.